The summed E-state index contributed by atoms with van der Waals surface area (Å²) in [5.41, 5.74) is 4.47. The van der Waals surface area contributed by atoms with Crippen LogP contribution < -0.4 is 4.74 Å². The topological polar surface area (TPSA) is 78.9 Å². The van der Waals surface area contributed by atoms with Gasteiger partial charge in [0.05, 0.1) is 18.5 Å². The Morgan fingerprint density at radius 2 is 1.78 bits per heavy atom. The Bertz CT molecular complexity index is 1050. The van der Waals surface area contributed by atoms with Crippen molar-refractivity contribution in [3.8, 4) is 34.4 Å². The second-order valence-corrected chi connectivity index (χ2v) is 6.11. The standard InChI is InChI=1S/C20H19N5O2/c1-4-14-5-9-16(10-6-14)25-13(2)18(22-24-25)20-21-19(23-27-20)15-7-11-17(26-3)12-8-15/h5-12H,4H2,1-3H3. The smallest absolute Gasteiger partial charge is 0.280 e. The molecular formula is C20H19N5O2. The second-order valence-electron chi connectivity index (χ2n) is 6.11. The zero-order valence-corrected chi connectivity index (χ0v) is 15.4. The first-order valence-corrected chi connectivity index (χ1v) is 8.69. The second kappa shape index (κ2) is 7.03. The Hall–Kier alpha value is -3.48. The van der Waals surface area contributed by atoms with Crippen molar-refractivity contribution in [1.82, 2.24) is 25.1 Å². The molecule has 0 radical (unpaired) electrons. The van der Waals surface area contributed by atoms with Gasteiger partial charge in [0, 0.05) is 5.56 Å². The first kappa shape index (κ1) is 17.0. The fourth-order valence-electron chi connectivity index (χ4n) is 2.82. The highest BCUT2D eigenvalue weighted by atomic mass is 16.5. The van der Waals surface area contributed by atoms with Crippen LogP contribution in [0.15, 0.2) is 53.1 Å². The van der Waals surface area contributed by atoms with Gasteiger partial charge in [-0.3, -0.25) is 0 Å². The van der Waals surface area contributed by atoms with Gasteiger partial charge in [0.1, 0.15) is 5.75 Å². The molecule has 0 unspecified atom stereocenters. The molecule has 136 valence electrons. The minimum atomic E-state index is 0.342. The molecule has 0 spiro atoms. The number of ether oxygens (including phenoxy) is 1. The van der Waals surface area contributed by atoms with E-state index in [9.17, 15) is 0 Å². The van der Waals surface area contributed by atoms with Gasteiger partial charge in [0.25, 0.3) is 5.89 Å². The Kier molecular flexibility index (Phi) is 4.42. The first-order valence-electron chi connectivity index (χ1n) is 8.69. The van der Waals surface area contributed by atoms with Gasteiger partial charge in [0.2, 0.25) is 5.82 Å². The van der Waals surface area contributed by atoms with E-state index < -0.39 is 0 Å². The van der Waals surface area contributed by atoms with Crippen LogP contribution in [-0.2, 0) is 6.42 Å². The minimum Gasteiger partial charge on any atom is -0.497 e. The van der Waals surface area contributed by atoms with E-state index in [4.69, 9.17) is 9.26 Å². The van der Waals surface area contributed by atoms with Crippen molar-refractivity contribution in [3.05, 3.63) is 59.8 Å². The third kappa shape index (κ3) is 3.19. The van der Waals surface area contributed by atoms with Crippen LogP contribution in [0.25, 0.3) is 28.7 Å². The molecule has 0 aliphatic rings. The fraction of sp³-hybridized carbons (Fsp3) is 0.200. The average Bonchev–Trinajstić information content (AvgIpc) is 3.35. The van der Waals surface area contributed by atoms with E-state index in [1.165, 1.54) is 5.56 Å². The van der Waals surface area contributed by atoms with Crippen molar-refractivity contribution >= 4 is 0 Å². The summed E-state index contributed by atoms with van der Waals surface area (Å²) in [7, 11) is 1.63. The highest BCUT2D eigenvalue weighted by molar-refractivity contribution is 5.59. The third-order valence-corrected chi connectivity index (χ3v) is 4.46. The predicted molar refractivity (Wildman–Crippen MR) is 101 cm³/mol. The molecule has 0 saturated carbocycles. The van der Waals surface area contributed by atoms with Gasteiger partial charge in [0.15, 0.2) is 5.69 Å². The molecule has 7 nitrogen and oxygen atoms in total. The number of rotatable bonds is 5. The maximum Gasteiger partial charge on any atom is 0.280 e. The van der Waals surface area contributed by atoms with E-state index in [-0.39, 0.29) is 0 Å². The van der Waals surface area contributed by atoms with Crippen LogP contribution in [0.5, 0.6) is 5.75 Å². The molecule has 27 heavy (non-hydrogen) atoms. The van der Waals surface area contributed by atoms with E-state index >= 15 is 0 Å². The predicted octanol–water partition coefficient (Wildman–Crippen LogP) is 3.86. The van der Waals surface area contributed by atoms with Gasteiger partial charge in [-0.2, -0.15) is 4.98 Å². The molecule has 0 N–H and O–H groups in total. The Labute approximate surface area is 156 Å². The van der Waals surface area contributed by atoms with Crippen molar-refractivity contribution in [1.29, 1.82) is 0 Å². The van der Waals surface area contributed by atoms with E-state index in [0.717, 1.165) is 29.1 Å². The third-order valence-electron chi connectivity index (χ3n) is 4.46. The Morgan fingerprint density at radius 1 is 1.04 bits per heavy atom. The minimum absolute atomic E-state index is 0.342. The van der Waals surface area contributed by atoms with E-state index in [1.807, 2.05) is 43.3 Å². The monoisotopic (exact) mass is 361 g/mol. The number of aryl methyl sites for hydroxylation is 1. The van der Waals surface area contributed by atoms with Crippen LogP contribution in [0.3, 0.4) is 0 Å². The lowest BCUT2D eigenvalue weighted by molar-refractivity contribution is 0.414. The summed E-state index contributed by atoms with van der Waals surface area (Å²) in [6.07, 6.45) is 0.998. The van der Waals surface area contributed by atoms with Crippen molar-refractivity contribution in [2.24, 2.45) is 0 Å². The van der Waals surface area contributed by atoms with Gasteiger partial charge in [-0.1, -0.05) is 29.4 Å². The van der Waals surface area contributed by atoms with Crippen molar-refractivity contribution < 1.29 is 9.26 Å². The molecule has 7 heteroatoms. The summed E-state index contributed by atoms with van der Waals surface area (Å²) in [5.74, 6) is 1.61. The number of hydrogen-bond donors (Lipinski definition) is 0. The summed E-state index contributed by atoms with van der Waals surface area (Å²) in [5, 5.41) is 12.5. The fourth-order valence-corrected chi connectivity index (χ4v) is 2.82. The number of nitrogens with zero attached hydrogens (tertiary/aromatic N) is 5. The van der Waals surface area contributed by atoms with Crippen LogP contribution in [0, 0.1) is 6.92 Å². The van der Waals surface area contributed by atoms with Gasteiger partial charge in [-0.25, -0.2) is 4.68 Å². The molecule has 2 heterocycles. The molecule has 0 bridgehead atoms. The molecule has 0 fully saturated rings. The lowest BCUT2D eigenvalue weighted by atomic mass is 10.1. The molecule has 0 atom stereocenters. The van der Waals surface area contributed by atoms with Crippen molar-refractivity contribution in [2.75, 3.05) is 7.11 Å². The highest BCUT2D eigenvalue weighted by Gasteiger charge is 2.19. The molecular weight excluding hydrogens is 342 g/mol. The maximum absolute atomic E-state index is 5.42. The van der Waals surface area contributed by atoms with Crippen LogP contribution in [0.2, 0.25) is 0 Å². The highest BCUT2D eigenvalue weighted by Crippen LogP contribution is 2.25. The zero-order chi connectivity index (χ0) is 18.8. The zero-order valence-electron chi connectivity index (χ0n) is 15.4. The molecule has 4 rings (SSSR count). The van der Waals surface area contributed by atoms with Gasteiger partial charge >= 0.3 is 0 Å². The molecule has 0 aliphatic carbocycles. The Morgan fingerprint density at radius 3 is 2.44 bits per heavy atom. The van der Waals surface area contributed by atoms with E-state index in [2.05, 4.69) is 39.5 Å². The maximum atomic E-state index is 5.42. The quantitative estimate of drug-likeness (QED) is 0.537. The number of methoxy groups -OCH3 is 1. The molecule has 4 aromatic rings. The number of hydrogen-bond acceptors (Lipinski definition) is 6. The van der Waals surface area contributed by atoms with Crippen LogP contribution in [0.4, 0.5) is 0 Å². The number of benzene rings is 2. The molecule has 2 aromatic heterocycles. The normalized spacial score (nSPS) is 10.9. The summed E-state index contributed by atoms with van der Waals surface area (Å²) in [6, 6.07) is 15.7. The van der Waals surface area contributed by atoms with E-state index in [1.54, 1.807) is 11.8 Å². The van der Waals surface area contributed by atoms with E-state index in [0.29, 0.717) is 17.4 Å². The summed E-state index contributed by atoms with van der Waals surface area (Å²) in [6.45, 7) is 4.06. The summed E-state index contributed by atoms with van der Waals surface area (Å²) in [4.78, 5) is 4.47. The summed E-state index contributed by atoms with van der Waals surface area (Å²) >= 11 is 0. The number of aromatic nitrogens is 5. The lowest BCUT2D eigenvalue weighted by Gasteiger charge is -2.04. The molecule has 0 amide bonds. The summed E-state index contributed by atoms with van der Waals surface area (Å²) < 4.78 is 12.4. The lowest BCUT2D eigenvalue weighted by Crippen LogP contribution is -1.99. The van der Waals surface area contributed by atoms with Crippen molar-refractivity contribution in [3.63, 3.8) is 0 Å². The van der Waals surface area contributed by atoms with Crippen LogP contribution in [-0.4, -0.2) is 32.2 Å². The largest absolute Gasteiger partial charge is 0.497 e. The van der Waals surface area contributed by atoms with Crippen molar-refractivity contribution in [2.45, 2.75) is 20.3 Å². The molecule has 0 aliphatic heterocycles. The van der Waals surface area contributed by atoms with Gasteiger partial charge < -0.3 is 9.26 Å². The van der Waals surface area contributed by atoms with Crippen LogP contribution in [0.1, 0.15) is 18.2 Å². The SMILES string of the molecule is CCc1ccc(-n2nnc(-c3nc(-c4ccc(OC)cc4)no3)c2C)cc1. The molecule has 2 aromatic carbocycles. The van der Waals surface area contributed by atoms with Gasteiger partial charge in [-0.15, -0.1) is 5.10 Å². The first-order chi connectivity index (χ1) is 13.2. The Balaban J connectivity index is 1.64. The van der Waals surface area contributed by atoms with Crippen LogP contribution >= 0.6 is 0 Å². The average molecular weight is 361 g/mol. The van der Waals surface area contributed by atoms with Gasteiger partial charge in [-0.05, 0) is 55.3 Å². The molecule has 0 saturated heterocycles.